The summed E-state index contributed by atoms with van der Waals surface area (Å²) in [4.78, 5) is 0. The number of rotatable bonds is 7. The molecule has 5 nitrogen and oxygen atoms in total. The van der Waals surface area contributed by atoms with E-state index >= 15 is 0 Å². The molecule has 0 aliphatic heterocycles. The van der Waals surface area contributed by atoms with Crippen LogP contribution in [0.1, 0.15) is 67.2 Å². The lowest BCUT2D eigenvalue weighted by Crippen LogP contribution is -2.46. The molecule has 200 valence electrons. The van der Waals surface area contributed by atoms with E-state index in [4.69, 9.17) is 4.18 Å². The molecule has 0 bridgehead atoms. The SMILES string of the molecule is CC12CCC3c4ccc(O)cc4CCC3C1CC[C@H]2OS(=O)(=O)N(Cc1ccccc1)Cc1ccccc1. The Labute approximate surface area is 226 Å². The number of fused-ring (bicyclic) bond motifs is 5. The molecule has 4 unspecified atom stereocenters. The van der Waals surface area contributed by atoms with Crippen molar-refractivity contribution in [2.24, 2.45) is 17.3 Å². The largest absolute Gasteiger partial charge is 0.508 e. The van der Waals surface area contributed by atoms with E-state index in [0.717, 1.165) is 49.7 Å². The van der Waals surface area contributed by atoms with E-state index in [9.17, 15) is 13.5 Å². The molecule has 0 radical (unpaired) electrons. The number of phenolic OH excluding ortho intramolecular Hbond substituents is 1. The summed E-state index contributed by atoms with van der Waals surface area (Å²) < 4.78 is 35.4. The molecule has 1 N–H and O–H groups in total. The van der Waals surface area contributed by atoms with Crippen LogP contribution < -0.4 is 0 Å². The van der Waals surface area contributed by atoms with Crippen LogP contribution in [0.5, 0.6) is 5.75 Å². The summed E-state index contributed by atoms with van der Waals surface area (Å²) >= 11 is 0. The van der Waals surface area contributed by atoms with Crippen LogP contribution in [0.3, 0.4) is 0 Å². The first kappa shape index (κ1) is 25.6. The molecule has 38 heavy (non-hydrogen) atoms. The third-order valence-corrected chi connectivity index (χ3v) is 10.9. The molecule has 0 spiro atoms. The Kier molecular flexibility index (Phi) is 6.83. The fourth-order valence-corrected chi connectivity index (χ4v) is 9.02. The second kappa shape index (κ2) is 10.1. The molecule has 0 amide bonds. The second-order valence-corrected chi connectivity index (χ2v) is 13.3. The number of phenols is 1. The fraction of sp³-hybridized carbons (Fsp3) is 0.438. The van der Waals surface area contributed by atoms with E-state index in [1.54, 1.807) is 0 Å². The van der Waals surface area contributed by atoms with Crippen LogP contribution in [0.4, 0.5) is 0 Å². The van der Waals surface area contributed by atoms with Crippen LogP contribution in [0.25, 0.3) is 0 Å². The van der Waals surface area contributed by atoms with Gasteiger partial charge in [0.2, 0.25) is 0 Å². The molecule has 0 saturated heterocycles. The zero-order chi connectivity index (χ0) is 26.3. The monoisotopic (exact) mass is 531 g/mol. The zero-order valence-corrected chi connectivity index (χ0v) is 22.8. The van der Waals surface area contributed by atoms with Crippen LogP contribution in [0, 0.1) is 17.3 Å². The lowest BCUT2D eigenvalue weighted by atomic mass is 9.55. The molecule has 0 heterocycles. The molecular formula is C32H37NO4S. The van der Waals surface area contributed by atoms with Gasteiger partial charge in [-0.05, 0) is 96.1 Å². The van der Waals surface area contributed by atoms with Gasteiger partial charge in [-0.2, -0.15) is 12.7 Å². The number of aryl methyl sites for hydroxylation is 1. The van der Waals surface area contributed by atoms with Gasteiger partial charge in [0.05, 0.1) is 6.10 Å². The molecule has 2 saturated carbocycles. The van der Waals surface area contributed by atoms with Crippen molar-refractivity contribution in [2.45, 2.75) is 70.6 Å². The molecule has 6 rings (SSSR count). The Balaban J connectivity index is 1.23. The summed E-state index contributed by atoms with van der Waals surface area (Å²) in [5.41, 5.74) is 4.39. The summed E-state index contributed by atoms with van der Waals surface area (Å²) in [7, 11) is -3.97. The maximum atomic E-state index is 13.9. The maximum Gasteiger partial charge on any atom is 0.339 e. The molecule has 5 atom stereocenters. The van der Waals surface area contributed by atoms with Gasteiger partial charge in [-0.1, -0.05) is 73.7 Å². The first-order chi connectivity index (χ1) is 18.3. The van der Waals surface area contributed by atoms with E-state index in [2.05, 4.69) is 13.0 Å². The third kappa shape index (κ3) is 4.78. The van der Waals surface area contributed by atoms with Gasteiger partial charge >= 0.3 is 10.3 Å². The van der Waals surface area contributed by atoms with Crippen LogP contribution in [-0.2, 0) is 34.0 Å². The van der Waals surface area contributed by atoms with E-state index < -0.39 is 10.3 Å². The molecule has 2 fully saturated rings. The van der Waals surface area contributed by atoms with Gasteiger partial charge in [0.15, 0.2) is 0 Å². The Morgan fingerprint density at radius 1 is 0.895 bits per heavy atom. The average molecular weight is 532 g/mol. The van der Waals surface area contributed by atoms with E-state index in [1.165, 1.54) is 15.4 Å². The molecule has 3 aliphatic rings. The van der Waals surface area contributed by atoms with Crippen molar-refractivity contribution in [1.29, 1.82) is 0 Å². The normalized spacial score (nSPS) is 28.5. The molecule has 3 aromatic carbocycles. The van der Waals surface area contributed by atoms with Crippen LogP contribution in [-0.4, -0.2) is 23.9 Å². The van der Waals surface area contributed by atoms with Gasteiger partial charge in [0.25, 0.3) is 0 Å². The van der Waals surface area contributed by atoms with Crippen molar-refractivity contribution >= 4 is 10.3 Å². The number of aromatic hydroxyl groups is 1. The lowest BCUT2D eigenvalue weighted by molar-refractivity contribution is -0.0114. The standard InChI is InChI=1S/C32H37NO4S/c1-32-19-18-28-27-15-13-26(34)20-25(27)12-14-29(28)30(32)16-17-31(32)37-38(35,36)33(21-23-8-4-2-5-9-23)22-24-10-6-3-7-11-24/h2-11,13,15,20,28-31,34H,12,14,16-19,21-22H2,1H3/t28?,29?,30?,31-,32?/m1/s1. The van der Waals surface area contributed by atoms with E-state index in [-0.39, 0.29) is 24.6 Å². The summed E-state index contributed by atoms with van der Waals surface area (Å²) in [5, 5.41) is 9.97. The van der Waals surface area contributed by atoms with Crippen molar-refractivity contribution in [3.8, 4) is 5.75 Å². The van der Waals surface area contributed by atoms with Gasteiger partial charge < -0.3 is 5.11 Å². The predicted molar refractivity (Wildman–Crippen MR) is 149 cm³/mol. The lowest BCUT2D eigenvalue weighted by Gasteiger charge is -2.50. The maximum absolute atomic E-state index is 13.9. The van der Waals surface area contributed by atoms with Gasteiger partial charge in [0.1, 0.15) is 5.75 Å². The third-order valence-electron chi connectivity index (χ3n) is 9.58. The highest BCUT2D eigenvalue weighted by Crippen LogP contribution is 2.61. The Morgan fingerprint density at radius 3 is 2.21 bits per heavy atom. The first-order valence-electron chi connectivity index (χ1n) is 13.9. The van der Waals surface area contributed by atoms with E-state index in [1.807, 2.05) is 72.8 Å². The topological polar surface area (TPSA) is 66.8 Å². The van der Waals surface area contributed by atoms with Crippen LogP contribution >= 0.6 is 0 Å². The highest BCUT2D eigenvalue weighted by molar-refractivity contribution is 7.84. The van der Waals surface area contributed by atoms with Gasteiger partial charge in [-0.25, -0.2) is 0 Å². The Hall–Kier alpha value is -2.67. The number of hydrogen-bond donors (Lipinski definition) is 1. The quantitative estimate of drug-likeness (QED) is 0.374. The number of nitrogens with zero attached hydrogens (tertiary/aromatic N) is 1. The van der Waals surface area contributed by atoms with Crippen LogP contribution in [0.15, 0.2) is 78.9 Å². The summed E-state index contributed by atoms with van der Waals surface area (Å²) in [6.45, 7) is 2.82. The van der Waals surface area contributed by atoms with Crippen molar-refractivity contribution in [2.75, 3.05) is 0 Å². The van der Waals surface area contributed by atoms with E-state index in [0.29, 0.717) is 23.5 Å². The Bertz CT molecular complexity index is 1340. The Morgan fingerprint density at radius 2 is 1.55 bits per heavy atom. The minimum absolute atomic E-state index is 0.159. The first-order valence-corrected chi connectivity index (χ1v) is 15.3. The van der Waals surface area contributed by atoms with Crippen molar-refractivity contribution in [3.63, 3.8) is 0 Å². The fourth-order valence-electron chi connectivity index (χ4n) is 7.67. The zero-order valence-electron chi connectivity index (χ0n) is 22.0. The number of benzene rings is 3. The summed E-state index contributed by atoms with van der Waals surface area (Å²) in [5.74, 6) is 1.81. The molecular weight excluding hydrogens is 494 g/mol. The van der Waals surface area contributed by atoms with Gasteiger partial charge in [0, 0.05) is 13.1 Å². The molecule has 6 heteroatoms. The molecule has 0 aromatic heterocycles. The summed E-state index contributed by atoms with van der Waals surface area (Å²) in [6.07, 6.45) is 5.52. The smallest absolute Gasteiger partial charge is 0.339 e. The predicted octanol–water partition coefficient (Wildman–Crippen LogP) is 6.58. The minimum atomic E-state index is -3.97. The van der Waals surface area contributed by atoms with Gasteiger partial charge in [-0.3, -0.25) is 4.18 Å². The second-order valence-electron chi connectivity index (χ2n) is 11.7. The number of hydrogen-bond acceptors (Lipinski definition) is 4. The molecule has 3 aromatic rings. The van der Waals surface area contributed by atoms with Crippen molar-refractivity contribution in [3.05, 3.63) is 101 Å². The van der Waals surface area contributed by atoms with Gasteiger partial charge in [-0.15, -0.1) is 0 Å². The highest BCUT2D eigenvalue weighted by atomic mass is 32.2. The molecule has 3 aliphatic carbocycles. The van der Waals surface area contributed by atoms with Crippen molar-refractivity contribution < 1.29 is 17.7 Å². The average Bonchev–Trinajstić information content (AvgIpc) is 3.24. The summed E-state index contributed by atoms with van der Waals surface area (Å²) in [6, 6.07) is 25.3. The van der Waals surface area contributed by atoms with Crippen LogP contribution in [0.2, 0.25) is 0 Å². The minimum Gasteiger partial charge on any atom is -0.508 e. The highest BCUT2D eigenvalue weighted by Gasteiger charge is 2.56. The van der Waals surface area contributed by atoms with Crippen molar-refractivity contribution in [1.82, 2.24) is 4.31 Å².